The molecule has 1 aliphatic heterocycles. The van der Waals surface area contributed by atoms with Gasteiger partial charge >= 0.3 is 0 Å². The molecule has 34 heavy (non-hydrogen) atoms. The highest BCUT2D eigenvalue weighted by Crippen LogP contribution is 2.31. The van der Waals surface area contributed by atoms with Crippen molar-refractivity contribution in [3.63, 3.8) is 0 Å². The van der Waals surface area contributed by atoms with E-state index in [0.29, 0.717) is 48.0 Å². The third-order valence-corrected chi connectivity index (χ3v) is 7.55. The molecule has 3 aromatic rings. The van der Waals surface area contributed by atoms with Gasteiger partial charge < -0.3 is 14.8 Å². The Kier molecular flexibility index (Phi) is 7.19. The lowest BCUT2D eigenvalue weighted by Crippen LogP contribution is -2.28. The van der Waals surface area contributed by atoms with Crippen LogP contribution >= 0.6 is 0 Å². The summed E-state index contributed by atoms with van der Waals surface area (Å²) in [6, 6.07) is 19.0. The molecular weight excluding hydrogens is 452 g/mol. The molecule has 1 heterocycles. The second kappa shape index (κ2) is 10.3. The van der Waals surface area contributed by atoms with Crippen LogP contribution < -0.4 is 14.8 Å². The van der Waals surface area contributed by atoms with Crippen molar-refractivity contribution < 1.29 is 22.7 Å². The molecule has 1 saturated heterocycles. The highest BCUT2D eigenvalue weighted by molar-refractivity contribution is 7.89. The Balaban J connectivity index is 1.55. The maximum Gasteiger partial charge on any atom is 0.256 e. The average molecular weight is 481 g/mol. The van der Waals surface area contributed by atoms with Gasteiger partial charge in [-0.05, 0) is 80.8 Å². The van der Waals surface area contributed by atoms with Crippen LogP contribution in [0.5, 0.6) is 17.2 Å². The van der Waals surface area contributed by atoms with Crippen LogP contribution in [0.3, 0.4) is 0 Å². The van der Waals surface area contributed by atoms with E-state index in [-0.39, 0.29) is 4.90 Å². The summed E-state index contributed by atoms with van der Waals surface area (Å²) in [6.07, 6.45) is 1.70. The van der Waals surface area contributed by atoms with Gasteiger partial charge in [0.1, 0.15) is 11.5 Å². The van der Waals surface area contributed by atoms with E-state index in [9.17, 15) is 13.2 Å². The van der Waals surface area contributed by atoms with Crippen molar-refractivity contribution in [3.8, 4) is 17.2 Å². The van der Waals surface area contributed by atoms with E-state index in [1.54, 1.807) is 49.4 Å². The van der Waals surface area contributed by atoms with Gasteiger partial charge in [-0.3, -0.25) is 4.79 Å². The molecule has 0 atom stereocenters. The molecule has 1 amide bonds. The van der Waals surface area contributed by atoms with Gasteiger partial charge in [-0.1, -0.05) is 18.2 Å². The van der Waals surface area contributed by atoms with Gasteiger partial charge in [0, 0.05) is 18.7 Å². The Morgan fingerprint density at radius 3 is 2.35 bits per heavy atom. The molecule has 4 rings (SSSR count). The SMILES string of the molecule is CCOc1ccc(Oc2ccccc2NC(=O)c2cc(S(=O)(=O)N3CCCC3)ccc2C)cc1. The average Bonchev–Trinajstić information content (AvgIpc) is 3.38. The number of anilines is 1. The van der Waals surface area contributed by atoms with E-state index in [2.05, 4.69) is 5.32 Å². The quantitative estimate of drug-likeness (QED) is 0.478. The Labute approximate surface area is 200 Å². The topological polar surface area (TPSA) is 84.9 Å². The zero-order chi connectivity index (χ0) is 24.1. The van der Waals surface area contributed by atoms with Crippen molar-refractivity contribution in [3.05, 3.63) is 77.9 Å². The molecule has 1 aliphatic rings. The first-order valence-corrected chi connectivity index (χ1v) is 12.7. The summed E-state index contributed by atoms with van der Waals surface area (Å²) in [5, 5.41) is 2.87. The normalized spacial score (nSPS) is 14.1. The zero-order valence-corrected chi connectivity index (χ0v) is 20.1. The fourth-order valence-electron chi connectivity index (χ4n) is 3.83. The molecule has 1 N–H and O–H groups in total. The molecule has 1 fully saturated rings. The summed E-state index contributed by atoms with van der Waals surface area (Å²) in [6.45, 7) is 5.29. The molecule has 0 aliphatic carbocycles. The molecule has 7 nitrogen and oxygen atoms in total. The van der Waals surface area contributed by atoms with Crippen molar-refractivity contribution in [2.45, 2.75) is 31.6 Å². The predicted molar refractivity (Wildman–Crippen MR) is 131 cm³/mol. The van der Waals surface area contributed by atoms with Crippen LogP contribution in [-0.4, -0.2) is 38.3 Å². The number of nitrogens with one attached hydrogen (secondary N) is 1. The highest BCUT2D eigenvalue weighted by atomic mass is 32.2. The lowest BCUT2D eigenvalue weighted by Gasteiger charge is -2.17. The number of hydrogen-bond acceptors (Lipinski definition) is 5. The largest absolute Gasteiger partial charge is 0.494 e. The Morgan fingerprint density at radius 2 is 1.65 bits per heavy atom. The van der Waals surface area contributed by atoms with Gasteiger partial charge in [0.15, 0.2) is 5.75 Å². The maximum atomic E-state index is 13.2. The summed E-state index contributed by atoms with van der Waals surface area (Å²) in [5.41, 5.74) is 1.47. The maximum absolute atomic E-state index is 13.2. The molecule has 0 radical (unpaired) electrons. The summed E-state index contributed by atoms with van der Waals surface area (Å²) < 4.78 is 38.8. The van der Waals surface area contributed by atoms with Crippen LogP contribution in [0.4, 0.5) is 5.69 Å². The fraction of sp³-hybridized carbons (Fsp3) is 0.269. The smallest absolute Gasteiger partial charge is 0.256 e. The lowest BCUT2D eigenvalue weighted by atomic mass is 10.1. The summed E-state index contributed by atoms with van der Waals surface area (Å²) >= 11 is 0. The van der Waals surface area contributed by atoms with Gasteiger partial charge in [0.25, 0.3) is 5.91 Å². The summed E-state index contributed by atoms with van der Waals surface area (Å²) in [7, 11) is -3.62. The first-order chi connectivity index (χ1) is 16.4. The number of hydrogen-bond donors (Lipinski definition) is 1. The third kappa shape index (κ3) is 5.24. The van der Waals surface area contributed by atoms with Gasteiger partial charge in [-0.2, -0.15) is 4.31 Å². The van der Waals surface area contributed by atoms with Crippen LogP contribution in [0.25, 0.3) is 0 Å². The van der Waals surface area contributed by atoms with Gasteiger partial charge in [-0.15, -0.1) is 0 Å². The number of benzene rings is 3. The molecular formula is C26H28N2O5S. The molecule has 3 aromatic carbocycles. The molecule has 8 heteroatoms. The number of sulfonamides is 1. The van der Waals surface area contributed by atoms with Crippen LogP contribution in [-0.2, 0) is 10.0 Å². The standard InChI is InChI=1S/C26H28N2O5S/c1-3-32-20-11-13-21(14-12-20)33-25-9-5-4-8-24(25)27-26(29)23-18-22(15-10-19(23)2)34(30,31)28-16-6-7-17-28/h4-5,8-15,18H,3,6-7,16-17H2,1-2H3,(H,27,29). The Hall–Kier alpha value is -3.36. The van der Waals surface area contributed by atoms with E-state index in [1.807, 2.05) is 25.1 Å². The van der Waals surface area contributed by atoms with Crippen LogP contribution in [0.1, 0.15) is 35.7 Å². The Bertz CT molecular complexity index is 1270. The van der Waals surface area contributed by atoms with E-state index in [4.69, 9.17) is 9.47 Å². The minimum Gasteiger partial charge on any atom is -0.494 e. The number of rotatable bonds is 8. The number of ether oxygens (including phenoxy) is 2. The first-order valence-electron chi connectivity index (χ1n) is 11.3. The van der Waals surface area contributed by atoms with Gasteiger partial charge in [0.05, 0.1) is 17.2 Å². The second-order valence-corrected chi connectivity index (χ2v) is 9.98. The van der Waals surface area contributed by atoms with Crippen molar-refractivity contribution in [1.29, 1.82) is 0 Å². The first kappa shape index (κ1) is 23.8. The number of aryl methyl sites for hydroxylation is 1. The zero-order valence-electron chi connectivity index (χ0n) is 19.3. The number of carbonyl (C=O) groups is 1. The summed E-state index contributed by atoms with van der Waals surface area (Å²) in [5.74, 6) is 1.41. The molecule has 178 valence electrons. The number of amides is 1. The number of para-hydroxylation sites is 2. The third-order valence-electron chi connectivity index (χ3n) is 5.65. The van der Waals surface area contributed by atoms with E-state index < -0.39 is 15.9 Å². The molecule has 0 aromatic heterocycles. The van der Waals surface area contributed by atoms with Crippen molar-refractivity contribution >= 4 is 21.6 Å². The molecule has 0 unspecified atom stereocenters. The van der Waals surface area contributed by atoms with Gasteiger partial charge in [0.2, 0.25) is 10.0 Å². The summed E-state index contributed by atoms with van der Waals surface area (Å²) in [4.78, 5) is 13.3. The van der Waals surface area contributed by atoms with Crippen molar-refractivity contribution in [1.82, 2.24) is 4.31 Å². The highest BCUT2D eigenvalue weighted by Gasteiger charge is 2.28. The van der Waals surface area contributed by atoms with Crippen LogP contribution in [0, 0.1) is 6.92 Å². The lowest BCUT2D eigenvalue weighted by molar-refractivity contribution is 0.102. The minimum atomic E-state index is -3.62. The van der Waals surface area contributed by atoms with E-state index in [1.165, 1.54) is 10.4 Å². The monoisotopic (exact) mass is 480 g/mol. The molecule has 0 saturated carbocycles. The molecule has 0 bridgehead atoms. The predicted octanol–water partition coefficient (Wildman–Crippen LogP) is 5.22. The number of carbonyl (C=O) groups excluding carboxylic acids is 1. The molecule has 0 spiro atoms. The number of nitrogens with zero attached hydrogens (tertiary/aromatic N) is 1. The Morgan fingerprint density at radius 1 is 0.971 bits per heavy atom. The van der Waals surface area contributed by atoms with Crippen molar-refractivity contribution in [2.75, 3.05) is 25.0 Å². The van der Waals surface area contributed by atoms with Gasteiger partial charge in [-0.25, -0.2) is 8.42 Å². The van der Waals surface area contributed by atoms with E-state index >= 15 is 0 Å². The second-order valence-electron chi connectivity index (χ2n) is 8.04. The minimum absolute atomic E-state index is 0.129. The van der Waals surface area contributed by atoms with Crippen LogP contribution in [0.15, 0.2) is 71.6 Å². The fourth-order valence-corrected chi connectivity index (χ4v) is 5.37. The van der Waals surface area contributed by atoms with Crippen LogP contribution in [0.2, 0.25) is 0 Å². The van der Waals surface area contributed by atoms with E-state index in [0.717, 1.165) is 18.6 Å². The van der Waals surface area contributed by atoms with Crippen molar-refractivity contribution in [2.24, 2.45) is 0 Å².